The summed E-state index contributed by atoms with van der Waals surface area (Å²) < 4.78 is 15.3. The Hall–Kier alpha value is -3.36. The first-order valence-electron chi connectivity index (χ1n) is 5.88. The van der Waals surface area contributed by atoms with Gasteiger partial charge in [0.15, 0.2) is 5.69 Å². The fourth-order valence-corrected chi connectivity index (χ4v) is 1.86. The standard InChI is InChI=1S/C12H6N6O3/c1-2-8(15-14-3-1)7-6-20-17-9(7)10-11(21-18-16-10)12-13-4-5-19-12/h1-6H. The summed E-state index contributed by atoms with van der Waals surface area (Å²) in [6.45, 7) is 0. The monoisotopic (exact) mass is 282 g/mol. The molecule has 0 radical (unpaired) electrons. The van der Waals surface area contributed by atoms with Crippen LogP contribution in [0.4, 0.5) is 0 Å². The van der Waals surface area contributed by atoms with E-state index in [4.69, 9.17) is 13.5 Å². The van der Waals surface area contributed by atoms with Crippen LogP contribution in [0.5, 0.6) is 0 Å². The van der Waals surface area contributed by atoms with Crippen molar-refractivity contribution in [2.24, 2.45) is 0 Å². The van der Waals surface area contributed by atoms with Crippen LogP contribution in [-0.2, 0) is 0 Å². The maximum atomic E-state index is 5.19. The highest BCUT2D eigenvalue weighted by Crippen LogP contribution is 2.34. The Morgan fingerprint density at radius 1 is 1.05 bits per heavy atom. The Balaban J connectivity index is 1.87. The lowest BCUT2D eigenvalue weighted by molar-refractivity contribution is 0.391. The van der Waals surface area contributed by atoms with Crippen molar-refractivity contribution in [1.29, 1.82) is 0 Å². The highest BCUT2D eigenvalue weighted by Gasteiger charge is 2.24. The Morgan fingerprint density at radius 3 is 2.86 bits per heavy atom. The number of aromatic nitrogens is 6. The third kappa shape index (κ3) is 1.87. The van der Waals surface area contributed by atoms with Crippen LogP contribution in [0.2, 0.25) is 0 Å². The summed E-state index contributed by atoms with van der Waals surface area (Å²) >= 11 is 0. The minimum atomic E-state index is 0.253. The SMILES string of the molecule is c1cnnc(-c2conc2-c2nnoc2-c2ncco2)c1. The van der Waals surface area contributed by atoms with Crippen molar-refractivity contribution in [3.05, 3.63) is 37.1 Å². The lowest BCUT2D eigenvalue weighted by atomic mass is 10.1. The summed E-state index contributed by atoms with van der Waals surface area (Å²) in [6.07, 6.45) is 5.95. The van der Waals surface area contributed by atoms with Crippen LogP contribution in [0.25, 0.3) is 34.3 Å². The second kappa shape index (κ2) is 4.63. The average Bonchev–Trinajstić information content (AvgIpc) is 3.27. The van der Waals surface area contributed by atoms with Gasteiger partial charge in [-0.25, -0.2) is 4.98 Å². The van der Waals surface area contributed by atoms with E-state index in [-0.39, 0.29) is 11.7 Å². The van der Waals surface area contributed by atoms with E-state index < -0.39 is 0 Å². The van der Waals surface area contributed by atoms with E-state index in [0.29, 0.717) is 22.6 Å². The second-order valence-corrected chi connectivity index (χ2v) is 3.97. The van der Waals surface area contributed by atoms with Crippen LogP contribution < -0.4 is 0 Å². The number of hydrogen-bond acceptors (Lipinski definition) is 9. The zero-order chi connectivity index (χ0) is 14.1. The molecule has 0 saturated carbocycles. The van der Waals surface area contributed by atoms with Gasteiger partial charge in [-0.3, -0.25) is 0 Å². The van der Waals surface area contributed by atoms with Gasteiger partial charge in [0, 0.05) is 11.5 Å². The number of hydrogen-bond donors (Lipinski definition) is 0. The van der Waals surface area contributed by atoms with Gasteiger partial charge in [0.05, 0.1) is 17.5 Å². The van der Waals surface area contributed by atoms with Gasteiger partial charge >= 0.3 is 0 Å². The predicted molar refractivity (Wildman–Crippen MR) is 66.3 cm³/mol. The summed E-state index contributed by atoms with van der Waals surface area (Å²) in [7, 11) is 0. The predicted octanol–water partition coefficient (Wildman–Crippen LogP) is 1.84. The van der Waals surface area contributed by atoms with E-state index in [1.807, 2.05) is 0 Å². The van der Waals surface area contributed by atoms with E-state index in [1.165, 1.54) is 18.7 Å². The van der Waals surface area contributed by atoms with Crippen LogP contribution >= 0.6 is 0 Å². The van der Waals surface area contributed by atoms with E-state index in [9.17, 15) is 0 Å². The van der Waals surface area contributed by atoms with E-state index in [2.05, 4.69) is 30.7 Å². The quantitative estimate of drug-likeness (QED) is 0.554. The van der Waals surface area contributed by atoms with Crippen molar-refractivity contribution in [3.8, 4) is 34.3 Å². The zero-order valence-corrected chi connectivity index (χ0v) is 10.4. The van der Waals surface area contributed by atoms with Gasteiger partial charge in [-0.1, -0.05) is 5.16 Å². The van der Waals surface area contributed by atoms with Gasteiger partial charge in [0.2, 0.25) is 0 Å². The van der Waals surface area contributed by atoms with Gasteiger partial charge in [0.1, 0.15) is 18.2 Å². The van der Waals surface area contributed by atoms with Gasteiger partial charge in [0.25, 0.3) is 11.7 Å². The molecule has 0 spiro atoms. The minimum Gasteiger partial charge on any atom is -0.442 e. The molecule has 0 aliphatic rings. The second-order valence-electron chi connectivity index (χ2n) is 3.97. The molecule has 0 saturated heterocycles. The average molecular weight is 282 g/mol. The fraction of sp³-hybridized carbons (Fsp3) is 0. The maximum Gasteiger partial charge on any atom is 0.268 e. The maximum absolute atomic E-state index is 5.19. The molecular weight excluding hydrogens is 276 g/mol. The number of nitrogens with zero attached hydrogens (tertiary/aromatic N) is 6. The fourth-order valence-electron chi connectivity index (χ4n) is 1.86. The number of oxazole rings is 1. The summed E-state index contributed by atoms with van der Waals surface area (Å²) in [4.78, 5) is 4.00. The van der Waals surface area contributed by atoms with Crippen LogP contribution in [0.15, 0.2) is 50.5 Å². The van der Waals surface area contributed by atoms with Crippen molar-refractivity contribution in [2.45, 2.75) is 0 Å². The molecular formula is C12H6N6O3. The normalized spacial score (nSPS) is 10.9. The molecule has 4 aromatic rings. The molecule has 0 aliphatic heterocycles. The molecule has 0 unspecified atom stereocenters. The topological polar surface area (TPSA) is 117 Å². The molecule has 4 rings (SSSR count). The lowest BCUT2D eigenvalue weighted by Gasteiger charge is -1.96. The van der Waals surface area contributed by atoms with Crippen LogP contribution in [-0.4, -0.2) is 30.7 Å². The molecule has 0 fully saturated rings. The van der Waals surface area contributed by atoms with Gasteiger partial charge < -0.3 is 13.5 Å². The Morgan fingerprint density at radius 2 is 2.05 bits per heavy atom. The first kappa shape index (κ1) is 11.5. The molecule has 0 aromatic carbocycles. The van der Waals surface area contributed by atoms with Gasteiger partial charge in [-0.2, -0.15) is 10.2 Å². The Labute approximate surface area is 116 Å². The number of rotatable bonds is 3. The summed E-state index contributed by atoms with van der Waals surface area (Å²) in [5, 5.41) is 19.2. The molecule has 4 heterocycles. The van der Waals surface area contributed by atoms with Crippen molar-refractivity contribution in [3.63, 3.8) is 0 Å². The molecule has 102 valence electrons. The lowest BCUT2D eigenvalue weighted by Crippen LogP contribution is -1.89. The minimum absolute atomic E-state index is 0.253. The largest absolute Gasteiger partial charge is 0.442 e. The first-order chi connectivity index (χ1) is 10.4. The molecule has 0 N–H and O–H groups in total. The van der Waals surface area contributed by atoms with Crippen LogP contribution in [0.1, 0.15) is 0 Å². The molecule has 9 nitrogen and oxygen atoms in total. The van der Waals surface area contributed by atoms with Crippen LogP contribution in [0, 0.1) is 0 Å². The summed E-state index contributed by atoms with van der Waals surface area (Å²) in [5.74, 6) is 0.516. The third-order valence-corrected chi connectivity index (χ3v) is 2.76. The summed E-state index contributed by atoms with van der Waals surface area (Å²) in [6, 6.07) is 3.54. The van der Waals surface area contributed by atoms with Gasteiger partial charge in [-0.15, -0.1) is 5.10 Å². The van der Waals surface area contributed by atoms with Crippen molar-refractivity contribution in [2.75, 3.05) is 0 Å². The van der Waals surface area contributed by atoms with Crippen molar-refractivity contribution in [1.82, 2.24) is 30.7 Å². The Bertz CT molecular complexity index is 852. The molecule has 21 heavy (non-hydrogen) atoms. The zero-order valence-electron chi connectivity index (χ0n) is 10.4. The van der Waals surface area contributed by atoms with Crippen molar-refractivity contribution >= 4 is 0 Å². The molecule has 9 heteroatoms. The first-order valence-corrected chi connectivity index (χ1v) is 5.88. The summed E-state index contributed by atoms with van der Waals surface area (Å²) in [5.41, 5.74) is 1.98. The van der Waals surface area contributed by atoms with E-state index in [1.54, 1.807) is 18.3 Å². The molecule has 0 atom stereocenters. The molecule has 4 aromatic heterocycles. The highest BCUT2D eigenvalue weighted by atomic mass is 16.5. The molecule has 0 aliphatic carbocycles. The highest BCUT2D eigenvalue weighted by molar-refractivity contribution is 5.81. The molecule has 0 amide bonds. The van der Waals surface area contributed by atoms with Crippen molar-refractivity contribution < 1.29 is 13.5 Å². The van der Waals surface area contributed by atoms with Gasteiger partial charge in [-0.05, 0) is 12.1 Å². The van der Waals surface area contributed by atoms with E-state index in [0.717, 1.165) is 0 Å². The third-order valence-electron chi connectivity index (χ3n) is 2.76. The molecule has 0 bridgehead atoms. The Kier molecular flexibility index (Phi) is 2.53. The smallest absolute Gasteiger partial charge is 0.268 e. The van der Waals surface area contributed by atoms with E-state index >= 15 is 0 Å². The van der Waals surface area contributed by atoms with Crippen LogP contribution in [0.3, 0.4) is 0 Å².